The van der Waals surface area contributed by atoms with E-state index in [1.165, 1.54) is 6.20 Å². The first-order chi connectivity index (χ1) is 7.15. The van der Waals surface area contributed by atoms with Crippen molar-refractivity contribution in [3.63, 3.8) is 0 Å². The molecule has 1 aromatic heterocycles. The summed E-state index contributed by atoms with van der Waals surface area (Å²) in [6.07, 6.45) is 1.40. The normalized spacial score (nSPS) is 10.0. The van der Waals surface area contributed by atoms with E-state index in [1.54, 1.807) is 6.92 Å². The number of hydrogen-bond acceptors (Lipinski definition) is 5. The number of aromatic amines is 1. The number of carbonyl (C=O) groups is 1. The van der Waals surface area contributed by atoms with Crippen molar-refractivity contribution in [2.75, 3.05) is 12.4 Å². The molecular formula is C8H9ClN2O3S. The average Bonchev–Trinajstić information content (AvgIpc) is 2.21. The Morgan fingerprint density at radius 3 is 3.13 bits per heavy atom. The zero-order chi connectivity index (χ0) is 11.3. The third-order valence-electron chi connectivity index (χ3n) is 1.41. The molecule has 0 fully saturated rings. The zero-order valence-electron chi connectivity index (χ0n) is 7.95. The molecule has 0 aliphatic rings. The van der Waals surface area contributed by atoms with E-state index in [-0.39, 0.29) is 16.7 Å². The molecule has 1 N–H and O–H groups in total. The van der Waals surface area contributed by atoms with E-state index in [4.69, 9.17) is 16.3 Å². The molecule has 1 heterocycles. The Hall–Kier alpha value is -1.01. The molecule has 0 saturated heterocycles. The van der Waals surface area contributed by atoms with E-state index in [0.29, 0.717) is 11.5 Å². The van der Waals surface area contributed by atoms with Crippen molar-refractivity contribution < 1.29 is 9.53 Å². The van der Waals surface area contributed by atoms with Crippen molar-refractivity contribution in [1.29, 1.82) is 0 Å². The molecule has 0 aliphatic heterocycles. The Morgan fingerprint density at radius 2 is 2.47 bits per heavy atom. The van der Waals surface area contributed by atoms with Gasteiger partial charge in [0.05, 0.1) is 23.5 Å². The van der Waals surface area contributed by atoms with Crippen LogP contribution in [0, 0.1) is 0 Å². The predicted octanol–water partition coefficient (Wildman–Crippen LogP) is 1.08. The molecule has 0 aliphatic carbocycles. The first-order valence-corrected chi connectivity index (χ1v) is 5.53. The molecule has 0 amide bonds. The van der Waals surface area contributed by atoms with E-state index < -0.39 is 5.56 Å². The lowest BCUT2D eigenvalue weighted by atomic mass is 10.6. The summed E-state index contributed by atoms with van der Waals surface area (Å²) in [6.45, 7) is 2.06. The lowest BCUT2D eigenvalue weighted by Gasteiger charge is -2.02. The van der Waals surface area contributed by atoms with Crippen LogP contribution in [0.15, 0.2) is 15.9 Å². The van der Waals surface area contributed by atoms with Crippen LogP contribution in [0.5, 0.6) is 0 Å². The molecule has 0 spiro atoms. The van der Waals surface area contributed by atoms with Crippen molar-refractivity contribution >= 4 is 29.3 Å². The molecule has 0 unspecified atom stereocenters. The van der Waals surface area contributed by atoms with Gasteiger partial charge in [-0.2, -0.15) is 5.10 Å². The number of hydrogen-bond donors (Lipinski definition) is 1. The molecule has 1 rings (SSSR count). The summed E-state index contributed by atoms with van der Waals surface area (Å²) in [5, 5.41) is 5.80. The Labute approximate surface area is 95.2 Å². The minimum Gasteiger partial charge on any atom is -0.465 e. The van der Waals surface area contributed by atoms with Gasteiger partial charge in [-0.15, -0.1) is 11.8 Å². The van der Waals surface area contributed by atoms with Gasteiger partial charge in [0.1, 0.15) is 5.02 Å². The van der Waals surface area contributed by atoms with Crippen LogP contribution in [-0.2, 0) is 9.53 Å². The van der Waals surface area contributed by atoms with Gasteiger partial charge in [-0.05, 0) is 6.92 Å². The van der Waals surface area contributed by atoms with Gasteiger partial charge in [0.15, 0.2) is 0 Å². The van der Waals surface area contributed by atoms with Crippen molar-refractivity contribution in [1.82, 2.24) is 10.2 Å². The molecule has 15 heavy (non-hydrogen) atoms. The van der Waals surface area contributed by atoms with E-state index in [1.807, 2.05) is 0 Å². The van der Waals surface area contributed by atoms with Crippen LogP contribution in [-0.4, -0.2) is 28.5 Å². The minimum atomic E-state index is -0.467. The summed E-state index contributed by atoms with van der Waals surface area (Å²) in [4.78, 5) is 22.5. The number of aromatic nitrogens is 2. The molecule has 5 nitrogen and oxygen atoms in total. The van der Waals surface area contributed by atoms with Crippen molar-refractivity contribution in [3.05, 3.63) is 21.6 Å². The standard InChI is InChI=1S/C8H9ClN2O3S/c1-2-14-6(12)4-15-5-3-10-11-8(13)7(5)9/h3H,2,4H2,1H3,(H,11,13). The van der Waals surface area contributed by atoms with E-state index in [9.17, 15) is 9.59 Å². The van der Waals surface area contributed by atoms with Gasteiger partial charge >= 0.3 is 5.97 Å². The molecular weight excluding hydrogens is 240 g/mol. The molecule has 1 aromatic rings. The van der Waals surface area contributed by atoms with Crippen LogP contribution in [0.25, 0.3) is 0 Å². The predicted molar refractivity (Wildman–Crippen MR) is 57.2 cm³/mol. The monoisotopic (exact) mass is 248 g/mol. The zero-order valence-corrected chi connectivity index (χ0v) is 9.52. The van der Waals surface area contributed by atoms with Crippen molar-refractivity contribution in [3.8, 4) is 0 Å². The van der Waals surface area contributed by atoms with Gasteiger partial charge in [0, 0.05) is 0 Å². The van der Waals surface area contributed by atoms with Crippen LogP contribution >= 0.6 is 23.4 Å². The number of halogens is 1. The highest BCUT2D eigenvalue weighted by atomic mass is 35.5. The van der Waals surface area contributed by atoms with Crippen LogP contribution < -0.4 is 5.56 Å². The quantitative estimate of drug-likeness (QED) is 0.638. The maximum atomic E-state index is 11.0. The maximum absolute atomic E-state index is 11.0. The summed E-state index contributed by atoms with van der Waals surface area (Å²) < 4.78 is 4.72. The molecule has 0 atom stereocenters. The van der Waals surface area contributed by atoms with Gasteiger partial charge in [-0.1, -0.05) is 11.6 Å². The summed E-state index contributed by atoms with van der Waals surface area (Å²) in [6, 6.07) is 0. The first kappa shape index (κ1) is 12.1. The fourth-order valence-corrected chi connectivity index (χ4v) is 1.77. The van der Waals surface area contributed by atoms with Crippen LogP contribution in [0.2, 0.25) is 5.02 Å². The van der Waals surface area contributed by atoms with Crippen LogP contribution in [0.3, 0.4) is 0 Å². The number of rotatable bonds is 4. The molecule has 82 valence electrons. The SMILES string of the molecule is CCOC(=O)CSc1cn[nH]c(=O)c1Cl. The Morgan fingerprint density at radius 1 is 1.73 bits per heavy atom. The number of ether oxygens (including phenoxy) is 1. The molecule has 0 aromatic carbocycles. The van der Waals surface area contributed by atoms with Gasteiger partial charge < -0.3 is 4.74 Å². The lowest BCUT2D eigenvalue weighted by molar-refractivity contribution is -0.139. The second-order valence-corrected chi connectivity index (χ2v) is 3.87. The second-order valence-electron chi connectivity index (χ2n) is 2.47. The van der Waals surface area contributed by atoms with Crippen LogP contribution in [0.4, 0.5) is 0 Å². The molecule has 0 bridgehead atoms. The molecule has 0 saturated carbocycles. The summed E-state index contributed by atoms with van der Waals surface area (Å²) in [5.74, 6) is -0.238. The maximum Gasteiger partial charge on any atom is 0.316 e. The summed E-state index contributed by atoms with van der Waals surface area (Å²) in [7, 11) is 0. The number of nitrogens with zero attached hydrogens (tertiary/aromatic N) is 1. The number of carbonyl (C=O) groups excluding carboxylic acids is 1. The summed E-state index contributed by atoms with van der Waals surface area (Å²) >= 11 is 6.82. The Bertz CT molecular complexity index is 407. The van der Waals surface area contributed by atoms with Gasteiger partial charge in [-0.3, -0.25) is 9.59 Å². The number of nitrogens with one attached hydrogen (secondary N) is 1. The van der Waals surface area contributed by atoms with Crippen molar-refractivity contribution in [2.24, 2.45) is 0 Å². The topological polar surface area (TPSA) is 72.0 Å². The van der Waals surface area contributed by atoms with E-state index in [2.05, 4.69) is 10.2 Å². The fourth-order valence-electron chi connectivity index (χ4n) is 0.807. The Balaban J connectivity index is 2.62. The summed E-state index contributed by atoms with van der Waals surface area (Å²) in [5.41, 5.74) is -0.467. The van der Waals surface area contributed by atoms with Gasteiger partial charge in [0.25, 0.3) is 5.56 Å². The molecule has 0 radical (unpaired) electrons. The van der Waals surface area contributed by atoms with E-state index in [0.717, 1.165) is 11.8 Å². The third kappa shape index (κ3) is 3.56. The smallest absolute Gasteiger partial charge is 0.316 e. The highest BCUT2D eigenvalue weighted by Gasteiger charge is 2.08. The Kier molecular flexibility index (Phi) is 4.64. The number of esters is 1. The van der Waals surface area contributed by atoms with Gasteiger partial charge in [0.2, 0.25) is 0 Å². The molecule has 7 heteroatoms. The lowest BCUT2D eigenvalue weighted by Crippen LogP contribution is -2.10. The highest BCUT2D eigenvalue weighted by molar-refractivity contribution is 8.00. The highest BCUT2D eigenvalue weighted by Crippen LogP contribution is 2.22. The number of thioether (sulfide) groups is 1. The van der Waals surface area contributed by atoms with Crippen LogP contribution in [0.1, 0.15) is 6.92 Å². The third-order valence-corrected chi connectivity index (χ3v) is 2.90. The first-order valence-electron chi connectivity index (χ1n) is 4.16. The van der Waals surface area contributed by atoms with Crippen molar-refractivity contribution in [2.45, 2.75) is 11.8 Å². The fraction of sp³-hybridized carbons (Fsp3) is 0.375. The van der Waals surface area contributed by atoms with Gasteiger partial charge in [-0.25, -0.2) is 5.10 Å². The minimum absolute atomic E-state index is 0.0410. The largest absolute Gasteiger partial charge is 0.465 e. The van der Waals surface area contributed by atoms with E-state index >= 15 is 0 Å². The second kappa shape index (κ2) is 5.77. The number of H-pyrrole nitrogens is 1. The average molecular weight is 249 g/mol.